The molecule has 4 heterocycles. The lowest BCUT2D eigenvalue weighted by Gasteiger charge is -2.09. The number of pyridine rings is 1. The topological polar surface area (TPSA) is 64.7 Å². The van der Waals surface area contributed by atoms with Crippen LogP contribution in [-0.2, 0) is 0 Å². The van der Waals surface area contributed by atoms with E-state index in [1.807, 2.05) is 54.7 Å². The van der Waals surface area contributed by atoms with Crippen LogP contribution in [-0.4, -0.2) is 19.9 Å². The normalized spacial score (nSPS) is 11.8. The maximum absolute atomic E-state index is 6.34. The van der Waals surface area contributed by atoms with Crippen LogP contribution in [0, 0.1) is 0 Å². The van der Waals surface area contributed by atoms with Crippen molar-refractivity contribution >= 4 is 64.2 Å². The van der Waals surface area contributed by atoms with Crippen LogP contribution >= 0.6 is 11.3 Å². The molecule has 0 aliphatic rings. The number of hydrogen-bond acceptors (Lipinski definition) is 6. The Hall–Kier alpha value is -5.46. The van der Waals surface area contributed by atoms with Crippen LogP contribution < -0.4 is 0 Å². The fraction of sp³-hybridized carbons (Fsp3) is 0. The molecule has 196 valence electrons. The summed E-state index contributed by atoms with van der Waals surface area (Å²) in [6.45, 7) is 0. The van der Waals surface area contributed by atoms with E-state index in [-0.39, 0.29) is 0 Å². The number of fused-ring (bicyclic) bond motifs is 7. The Bertz CT molecular complexity index is 2480. The SMILES string of the molecule is c1ccc(-c2nc(-c3ccc4c(c3)sc3ccccc34)nc(-c3cccc4oc5cc6ccncc6cc5c34)n2)cc1. The lowest BCUT2D eigenvalue weighted by Crippen LogP contribution is -2.00. The van der Waals surface area contributed by atoms with E-state index in [2.05, 4.69) is 65.6 Å². The van der Waals surface area contributed by atoms with Crippen LogP contribution in [0.25, 0.3) is 87.0 Å². The molecule has 0 fully saturated rings. The lowest BCUT2D eigenvalue weighted by atomic mass is 10.0. The molecule has 0 unspecified atom stereocenters. The molecular formula is C36H20N4OS. The summed E-state index contributed by atoms with van der Waals surface area (Å²) in [5.41, 5.74) is 4.41. The molecule has 0 radical (unpaired) electrons. The zero-order valence-electron chi connectivity index (χ0n) is 22.2. The lowest BCUT2D eigenvalue weighted by molar-refractivity contribution is 0.669. The van der Waals surface area contributed by atoms with Gasteiger partial charge in [-0.25, -0.2) is 15.0 Å². The van der Waals surface area contributed by atoms with E-state index in [0.29, 0.717) is 17.5 Å². The Morgan fingerprint density at radius 3 is 2.26 bits per heavy atom. The molecule has 0 saturated heterocycles. The summed E-state index contributed by atoms with van der Waals surface area (Å²) in [5, 5.41) is 6.65. The van der Waals surface area contributed by atoms with Crippen molar-refractivity contribution < 1.29 is 4.42 Å². The van der Waals surface area contributed by atoms with Gasteiger partial charge in [0.1, 0.15) is 11.2 Å². The van der Waals surface area contributed by atoms with Gasteiger partial charge in [0, 0.05) is 65.4 Å². The van der Waals surface area contributed by atoms with Crippen LogP contribution in [0.15, 0.2) is 126 Å². The average Bonchev–Trinajstić information content (AvgIpc) is 3.61. The van der Waals surface area contributed by atoms with Gasteiger partial charge in [0.25, 0.3) is 0 Å². The van der Waals surface area contributed by atoms with Crippen molar-refractivity contribution in [3.8, 4) is 34.2 Å². The van der Waals surface area contributed by atoms with Gasteiger partial charge in [-0.05, 0) is 41.8 Å². The summed E-state index contributed by atoms with van der Waals surface area (Å²) >= 11 is 1.79. The van der Waals surface area contributed by atoms with Crippen LogP contribution in [0.1, 0.15) is 0 Å². The molecule has 4 aromatic heterocycles. The molecule has 42 heavy (non-hydrogen) atoms. The van der Waals surface area contributed by atoms with Gasteiger partial charge >= 0.3 is 0 Å². The summed E-state index contributed by atoms with van der Waals surface area (Å²) < 4.78 is 8.82. The standard InChI is InChI=1S/C36H20N4OS/c1-2-7-21(8-3-1)34-38-35(23-13-14-26-25-9-4-5-12-31(25)42-32(26)19-23)40-36(39-34)27-10-6-11-29-33(27)28-17-24-20-37-16-15-22(24)18-30(28)41-29/h1-20H. The van der Waals surface area contributed by atoms with Gasteiger partial charge in [-0.2, -0.15) is 0 Å². The smallest absolute Gasteiger partial charge is 0.164 e. The molecular weight excluding hydrogens is 536 g/mol. The Morgan fingerprint density at radius 1 is 0.524 bits per heavy atom. The summed E-state index contributed by atoms with van der Waals surface area (Å²) in [6.07, 6.45) is 3.69. The number of hydrogen-bond donors (Lipinski definition) is 0. The molecule has 9 aromatic rings. The van der Waals surface area contributed by atoms with E-state index in [1.165, 1.54) is 20.2 Å². The van der Waals surface area contributed by atoms with Crippen LogP contribution in [0.3, 0.4) is 0 Å². The van der Waals surface area contributed by atoms with Gasteiger partial charge < -0.3 is 4.42 Å². The first-order valence-electron chi connectivity index (χ1n) is 13.7. The second kappa shape index (κ2) is 9.03. The summed E-state index contributed by atoms with van der Waals surface area (Å²) in [6, 6.07) is 37.4. The summed E-state index contributed by atoms with van der Waals surface area (Å²) in [5.74, 6) is 1.87. The molecule has 0 amide bonds. The molecule has 9 rings (SSSR count). The monoisotopic (exact) mass is 556 g/mol. The Morgan fingerprint density at radius 2 is 1.33 bits per heavy atom. The molecule has 0 N–H and O–H groups in total. The zero-order valence-corrected chi connectivity index (χ0v) is 23.0. The molecule has 0 bridgehead atoms. The first kappa shape index (κ1) is 23.3. The van der Waals surface area contributed by atoms with Gasteiger partial charge in [0.2, 0.25) is 0 Å². The Labute approximate surface area is 243 Å². The third kappa shape index (κ3) is 3.62. The molecule has 0 atom stereocenters. The highest BCUT2D eigenvalue weighted by Crippen LogP contribution is 2.39. The molecule has 5 nitrogen and oxygen atoms in total. The number of rotatable bonds is 3. The van der Waals surface area contributed by atoms with E-state index in [1.54, 1.807) is 17.5 Å². The summed E-state index contributed by atoms with van der Waals surface area (Å²) in [7, 11) is 0. The van der Waals surface area contributed by atoms with Gasteiger partial charge in [0.05, 0.1) is 0 Å². The summed E-state index contributed by atoms with van der Waals surface area (Å²) in [4.78, 5) is 19.4. The highest BCUT2D eigenvalue weighted by atomic mass is 32.1. The van der Waals surface area contributed by atoms with Gasteiger partial charge in [-0.15, -0.1) is 11.3 Å². The van der Waals surface area contributed by atoms with Crippen molar-refractivity contribution in [2.45, 2.75) is 0 Å². The average molecular weight is 557 g/mol. The second-order valence-electron chi connectivity index (χ2n) is 10.3. The minimum atomic E-state index is 0.606. The fourth-order valence-electron chi connectivity index (χ4n) is 5.80. The maximum atomic E-state index is 6.34. The van der Waals surface area contributed by atoms with Crippen molar-refractivity contribution in [2.75, 3.05) is 0 Å². The van der Waals surface area contributed by atoms with Gasteiger partial charge in [0.15, 0.2) is 17.5 Å². The molecule has 0 spiro atoms. The first-order valence-corrected chi connectivity index (χ1v) is 14.5. The highest BCUT2D eigenvalue weighted by Gasteiger charge is 2.18. The third-order valence-corrected chi connectivity index (χ3v) is 8.93. The van der Waals surface area contributed by atoms with Crippen molar-refractivity contribution in [1.82, 2.24) is 19.9 Å². The second-order valence-corrected chi connectivity index (χ2v) is 11.4. The van der Waals surface area contributed by atoms with Gasteiger partial charge in [-0.3, -0.25) is 4.98 Å². The predicted molar refractivity (Wildman–Crippen MR) is 172 cm³/mol. The van der Waals surface area contributed by atoms with Crippen molar-refractivity contribution in [3.05, 3.63) is 122 Å². The number of furan rings is 1. The number of thiophene rings is 1. The minimum Gasteiger partial charge on any atom is -0.456 e. The molecule has 0 aliphatic heterocycles. The molecule has 5 aromatic carbocycles. The van der Waals surface area contributed by atoms with Crippen molar-refractivity contribution in [1.29, 1.82) is 0 Å². The zero-order chi connectivity index (χ0) is 27.6. The Balaban J connectivity index is 1.30. The van der Waals surface area contributed by atoms with E-state index in [9.17, 15) is 0 Å². The number of nitrogens with zero attached hydrogens (tertiary/aromatic N) is 4. The minimum absolute atomic E-state index is 0.606. The quantitative estimate of drug-likeness (QED) is 0.217. The van der Waals surface area contributed by atoms with E-state index >= 15 is 0 Å². The molecule has 0 aliphatic carbocycles. The van der Waals surface area contributed by atoms with Crippen LogP contribution in [0.2, 0.25) is 0 Å². The molecule has 0 saturated carbocycles. The van der Waals surface area contributed by atoms with Crippen LogP contribution in [0.4, 0.5) is 0 Å². The van der Waals surface area contributed by atoms with E-state index in [0.717, 1.165) is 49.4 Å². The van der Waals surface area contributed by atoms with E-state index < -0.39 is 0 Å². The van der Waals surface area contributed by atoms with Crippen LogP contribution in [0.5, 0.6) is 0 Å². The Kier molecular flexibility index (Phi) is 5.00. The largest absolute Gasteiger partial charge is 0.456 e. The number of aromatic nitrogens is 4. The van der Waals surface area contributed by atoms with E-state index in [4.69, 9.17) is 19.4 Å². The predicted octanol–water partition coefficient (Wildman–Crippen LogP) is 9.69. The third-order valence-electron chi connectivity index (χ3n) is 7.80. The molecule has 6 heteroatoms. The number of benzene rings is 5. The van der Waals surface area contributed by atoms with Crippen molar-refractivity contribution in [3.63, 3.8) is 0 Å². The fourth-order valence-corrected chi connectivity index (χ4v) is 6.95. The highest BCUT2D eigenvalue weighted by molar-refractivity contribution is 7.25. The maximum Gasteiger partial charge on any atom is 0.164 e. The van der Waals surface area contributed by atoms with Gasteiger partial charge in [-0.1, -0.05) is 72.8 Å². The van der Waals surface area contributed by atoms with Crippen molar-refractivity contribution in [2.24, 2.45) is 0 Å². The first-order chi connectivity index (χ1) is 20.8.